The summed E-state index contributed by atoms with van der Waals surface area (Å²) in [4.78, 5) is 15.1. The van der Waals surface area contributed by atoms with Gasteiger partial charge in [-0.1, -0.05) is 17.3 Å². The Kier molecular flexibility index (Phi) is 3.17. The van der Waals surface area contributed by atoms with Crippen LogP contribution in [0.5, 0.6) is 0 Å². The molecule has 0 atom stereocenters. The fraction of sp³-hybridized carbons (Fsp3) is 0.0500. The van der Waals surface area contributed by atoms with Crippen LogP contribution in [0.3, 0.4) is 0 Å². The number of benzene rings is 2. The Morgan fingerprint density at radius 1 is 1.11 bits per heavy atom. The largest absolute Gasteiger partial charge is 0.364 e. The van der Waals surface area contributed by atoms with E-state index in [1.54, 1.807) is 13.1 Å². The van der Waals surface area contributed by atoms with Crippen LogP contribution < -0.4 is 5.73 Å². The monoisotopic (exact) mass is 357 g/mol. The highest BCUT2D eigenvalue weighted by molar-refractivity contribution is 6.06. The molecule has 4 N–H and O–H groups in total. The molecule has 3 heterocycles. The number of hydrogen-bond donors (Lipinski definition) is 3. The fourth-order valence-electron chi connectivity index (χ4n) is 3.61. The number of nitrogens with two attached hydrogens (primary N) is 1. The van der Waals surface area contributed by atoms with Crippen molar-refractivity contribution in [3.05, 3.63) is 60.2 Å². The zero-order valence-electron chi connectivity index (χ0n) is 14.4. The van der Waals surface area contributed by atoms with Crippen LogP contribution >= 0.6 is 0 Å². The van der Waals surface area contributed by atoms with Gasteiger partial charge in [0.05, 0.1) is 17.3 Å². The minimum Gasteiger partial charge on any atom is -0.364 e. The molecule has 0 saturated carbocycles. The number of primary amides is 1. The quantitative estimate of drug-likeness (QED) is 0.456. The smallest absolute Gasteiger partial charge is 0.271 e. The van der Waals surface area contributed by atoms with Crippen LogP contribution in [-0.2, 0) is 0 Å². The van der Waals surface area contributed by atoms with Crippen molar-refractivity contribution in [2.24, 2.45) is 5.73 Å². The summed E-state index contributed by atoms with van der Waals surface area (Å²) in [7, 11) is 0. The van der Waals surface area contributed by atoms with Crippen LogP contribution in [0.1, 0.15) is 16.2 Å². The molecule has 3 aromatic heterocycles. The van der Waals surface area contributed by atoms with E-state index in [1.165, 1.54) is 0 Å². The molecule has 0 radical (unpaired) electrons. The van der Waals surface area contributed by atoms with Gasteiger partial charge in [0, 0.05) is 22.5 Å². The first-order valence-corrected chi connectivity index (χ1v) is 8.43. The summed E-state index contributed by atoms with van der Waals surface area (Å²) in [5, 5.41) is 13.0. The number of rotatable bonds is 3. The van der Waals surface area contributed by atoms with Crippen LogP contribution in [0.4, 0.5) is 0 Å². The number of carbonyl (C=O) groups is 1. The third kappa shape index (κ3) is 2.25. The number of nitrogens with one attached hydrogen (secondary N) is 2. The Hall–Kier alpha value is -3.87. The van der Waals surface area contributed by atoms with E-state index < -0.39 is 5.91 Å². The summed E-state index contributed by atoms with van der Waals surface area (Å²) in [6, 6.07) is 12.2. The second-order valence-corrected chi connectivity index (χ2v) is 6.43. The van der Waals surface area contributed by atoms with Crippen molar-refractivity contribution in [1.82, 2.24) is 20.3 Å². The standard InChI is InChI=1S/C20H15N5O2/c1-10-18(19(20(21)26)25-27-10)14-7-11(8-17-15(14)9-23-24-17)12-3-2-4-16-13(12)5-6-22-16/h2-9,22H,1H3,(H2,21,26)(H,23,24). The van der Waals surface area contributed by atoms with Gasteiger partial charge in [0.1, 0.15) is 5.76 Å². The number of carbonyl (C=O) groups excluding carboxylic acids is 1. The van der Waals surface area contributed by atoms with E-state index in [4.69, 9.17) is 10.3 Å². The molecule has 2 aromatic carbocycles. The number of aromatic nitrogens is 4. The van der Waals surface area contributed by atoms with Crippen molar-refractivity contribution in [2.75, 3.05) is 0 Å². The van der Waals surface area contributed by atoms with Crippen molar-refractivity contribution in [3.63, 3.8) is 0 Å². The molecule has 132 valence electrons. The van der Waals surface area contributed by atoms with Crippen molar-refractivity contribution in [1.29, 1.82) is 0 Å². The van der Waals surface area contributed by atoms with Gasteiger partial charge >= 0.3 is 0 Å². The van der Waals surface area contributed by atoms with Gasteiger partial charge in [0.25, 0.3) is 5.91 Å². The topological polar surface area (TPSA) is 114 Å². The highest BCUT2D eigenvalue weighted by Gasteiger charge is 2.22. The summed E-state index contributed by atoms with van der Waals surface area (Å²) >= 11 is 0. The van der Waals surface area contributed by atoms with Crippen molar-refractivity contribution >= 4 is 27.7 Å². The predicted molar refractivity (Wildman–Crippen MR) is 102 cm³/mol. The van der Waals surface area contributed by atoms with Gasteiger partial charge in [-0.3, -0.25) is 9.89 Å². The summed E-state index contributed by atoms with van der Waals surface area (Å²) in [6.45, 7) is 1.76. The van der Waals surface area contributed by atoms with Gasteiger partial charge in [0.15, 0.2) is 5.69 Å². The van der Waals surface area contributed by atoms with E-state index in [2.05, 4.69) is 26.4 Å². The number of H-pyrrole nitrogens is 2. The summed E-state index contributed by atoms with van der Waals surface area (Å²) < 4.78 is 5.25. The SMILES string of the molecule is Cc1onc(C(N)=O)c1-c1cc(-c2cccc3[nH]ccc23)cc2[nH]ncc12. The Morgan fingerprint density at radius 3 is 2.85 bits per heavy atom. The Labute approximate surface area is 153 Å². The average molecular weight is 357 g/mol. The lowest BCUT2D eigenvalue weighted by molar-refractivity contribution is 0.0992. The normalized spacial score (nSPS) is 11.4. The van der Waals surface area contributed by atoms with E-state index in [0.717, 1.165) is 38.5 Å². The molecule has 5 aromatic rings. The molecule has 0 unspecified atom stereocenters. The maximum atomic E-state index is 11.8. The average Bonchev–Trinajstić information content (AvgIpc) is 3.39. The third-order valence-corrected chi connectivity index (χ3v) is 4.83. The van der Waals surface area contributed by atoms with Crippen LogP contribution in [-0.4, -0.2) is 26.2 Å². The number of fused-ring (bicyclic) bond motifs is 2. The van der Waals surface area contributed by atoms with E-state index in [-0.39, 0.29) is 5.69 Å². The molecule has 5 rings (SSSR count). The lowest BCUT2D eigenvalue weighted by atomic mass is 9.93. The first-order chi connectivity index (χ1) is 13.1. The van der Waals surface area contributed by atoms with Gasteiger partial charge in [-0.05, 0) is 47.9 Å². The van der Waals surface area contributed by atoms with Gasteiger partial charge in [-0.15, -0.1) is 0 Å². The molecule has 0 aliphatic carbocycles. The highest BCUT2D eigenvalue weighted by Crippen LogP contribution is 2.38. The van der Waals surface area contributed by atoms with Crippen LogP contribution in [0.15, 0.2) is 53.3 Å². The minimum atomic E-state index is -0.628. The number of nitrogens with zero attached hydrogens (tertiary/aromatic N) is 2. The van der Waals surface area contributed by atoms with Crippen molar-refractivity contribution in [3.8, 4) is 22.3 Å². The molecule has 0 fully saturated rings. The van der Waals surface area contributed by atoms with Crippen LogP contribution in [0.2, 0.25) is 0 Å². The number of aryl methyl sites for hydroxylation is 1. The number of hydrogen-bond acceptors (Lipinski definition) is 4. The van der Waals surface area contributed by atoms with E-state index in [9.17, 15) is 4.79 Å². The molecule has 0 aliphatic rings. The summed E-state index contributed by atoms with van der Waals surface area (Å²) in [5.74, 6) is -0.0973. The van der Waals surface area contributed by atoms with Gasteiger partial charge in [-0.25, -0.2) is 0 Å². The highest BCUT2D eigenvalue weighted by atomic mass is 16.5. The lowest BCUT2D eigenvalue weighted by Gasteiger charge is -2.09. The summed E-state index contributed by atoms with van der Waals surface area (Å²) in [6.07, 6.45) is 3.64. The molecule has 1 amide bonds. The molecular formula is C20H15N5O2. The molecule has 0 bridgehead atoms. The Morgan fingerprint density at radius 2 is 2.00 bits per heavy atom. The minimum absolute atomic E-state index is 0.118. The first-order valence-electron chi connectivity index (χ1n) is 8.43. The summed E-state index contributed by atoms with van der Waals surface area (Å²) in [5.41, 5.74) is 11.0. The van der Waals surface area contributed by atoms with E-state index in [1.807, 2.05) is 36.5 Å². The first kappa shape index (κ1) is 15.4. The molecule has 0 spiro atoms. The zero-order valence-corrected chi connectivity index (χ0v) is 14.4. The molecule has 0 aliphatic heterocycles. The van der Waals surface area contributed by atoms with Gasteiger partial charge in [-0.2, -0.15) is 5.10 Å². The fourth-order valence-corrected chi connectivity index (χ4v) is 3.61. The number of amides is 1. The van der Waals surface area contributed by atoms with Crippen molar-refractivity contribution < 1.29 is 9.32 Å². The lowest BCUT2D eigenvalue weighted by Crippen LogP contribution is -2.12. The van der Waals surface area contributed by atoms with E-state index in [0.29, 0.717) is 11.3 Å². The maximum Gasteiger partial charge on any atom is 0.271 e. The van der Waals surface area contributed by atoms with Gasteiger partial charge in [0.2, 0.25) is 0 Å². The van der Waals surface area contributed by atoms with Gasteiger partial charge < -0.3 is 15.2 Å². The maximum absolute atomic E-state index is 11.8. The third-order valence-electron chi connectivity index (χ3n) is 4.83. The number of aromatic amines is 2. The molecule has 0 saturated heterocycles. The zero-order chi connectivity index (χ0) is 18.5. The Balaban J connectivity index is 1.85. The Bertz CT molecular complexity index is 1320. The second-order valence-electron chi connectivity index (χ2n) is 6.43. The molecule has 7 nitrogen and oxygen atoms in total. The van der Waals surface area contributed by atoms with Crippen molar-refractivity contribution in [2.45, 2.75) is 6.92 Å². The molecule has 27 heavy (non-hydrogen) atoms. The van der Waals surface area contributed by atoms with Crippen LogP contribution in [0, 0.1) is 6.92 Å². The van der Waals surface area contributed by atoms with Crippen LogP contribution in [0.25, 0.3) is 44.1 Å². The predicted octanol–water partition coefficient (Wildman–Crippen LogP) is 3.77. The van der Waals surface area contributed by atoms with E-state index >= 15 is 0 Å². The molecular weight excluding hydrogens is 342 g/mol. The second kappa shape index (κ2) is 5.57. The molecule has 7 heteroatoms.